The molecule has 0 unspecified atom stereocenters. The molecule has 0 aliphatic heterocycles. The topological polar surface area (TPSA) is 105 Å². The SMILES string of the molecule is O=C(NC1(C(=O)N[C@H]2CCC[C@@H](C(=O)O)C2)CCC1)OCC1c2ccccc2-c2ccccc21. The summed E-state index contributed by atoms with van der Waals surface area (Å²) in [6.07, 6.45) is 3.97. The second-order valence-electron chi connectivity index (χ2n) is 9.76. The Kier molecular flexibility index (Phi) is 6.02. The average Bonchev–Trinajstić information content (AvgIpc) is 3.14. The number of alkyl carbamates (subject to hydrolysis) is 1. The summed E-state index contributed by atoms with van der Waals surface area (Å²) in [7, 11) is 0. The molecule has 5 rings (SSSR count). The number of nitrogens with one attached hydrogen (secondary N) is 2. The first kappa shape index (κ1) is 22.4. The van der Waals surface area contributed by atoms with Gasteiger partial charge in [0.1, 0.15) is 12.1 Å². The molecule has 0 heterocycles. The van der Waals surface area contributed by atoms with Gasteiger partial charge in [0.15, 0.2) is 0 Å². The monoisotopic (exact) mass is 462 g/mol. The summed E-state index contributed by atoms with van der Waals surface area (Å²) < 4.78 is 5.65. The zero-order valence-electron chi connectivity index (χ0n) is 19.1. The highest BCUT2D eigenvalue weighted by Gasteiger charge is 2.47. The van der Waals surface area contributed by atoms with Crippen LogP contribution in [0.15, 0.2) is 48.5 Å². The van der Waals surface area contributed by atoms with E-state index in [0.717, 1.165) is 41.5 Å². The Hall–Kier alpha value is -3.35. The summed E-state index contributed by atoms with van der Waals surface area (Å²) in [4.78, 5) is 37.2. The standard InChI is InChI=1S/C27H30N2O5/c30-24(31)17-7-5-8-18(15-17)28-25(32)27(13-6-14-27)29-26(33)34-16-23-21-11-3-1-9-19(21)20-10-2-4-12-22(20)23/h1-4,9-12,17-18,23H,5-8,13-16H2,(H,28,32)(H,29,33)(H,30,31)/t17-,18+/m1/s1. The van der Waals surface area contributed by atoms with Gasteiger partial charge in [-0.15, -0.1) is 0 Å². The second-order valence-corrected chi connectivity index (χ2v) is 9.76. The van der Waals surface area contributed by atoms with E-state index in [1.54, 1.807) is 0 Å². The minimum Gasteiger partial charge on any atom is -0.481 e. The average molecular weight is 463 g/mol. The number of hydrogen-bond acceptors (Lipinski definition) is 4. The summed E-state index contributed by atoms with van der Waals surface area (Å²) in [5, 5.41) is 15.1. The van der Waals surface area contributed by atoms with Gasteiger partial charge in [0.05, 0.1) is 5.92 Å². The van der Waals surface area contributed by atoms with Crippen molar-refractivity contribution in [1.82, 2.24) is 10.6 Å². The number of carbonyl (C=O) groups is 3. The van der Waals surface area contributed by atoms with Crippen LogP contribution in [0.5, 0.6) is 0 Å². The van der Waals surface area contributed by atoms with Crippen LogP contribution in [-0.2, 0) is 14.3 Å². The van der Waals surface area contributed by atoms with E-state index in [4.69, 9.17) is 4.74 Å². The minimum absolute atomic E-state index is 0.0421. The number of benzene rings is 2. The lowest BCUT2D eigenvalue weighted by Gasteiger charge is -2.41. The zero-order chi connectivity index (χ0) is 23.7. The van der Waals surface area contributed by atoms with E-state index in [-0.39, 0.29) is 24.5 Å². The highest BCUT2D eigenvalue weighted by Crippen LogP contribution is 2.44. The largest absolute Gasteiger partial charge is 0.481 e. The van der Waals surface area contributed by atoms with Gasteiger partial charge in [-0.2, -0.15) is 0 Å². The van der Waals surface area contributed by atoms with Gasteiger partial charge >= 0.3 is 12.1 Å². The molecule has 3 N–H and O–H groups in total. The molecule has 7 nitrogen and oxygen atoms in total. The molecule has 2 amide bonds. The van der Waals surface area contributed by atoms with Crippen LogP contribution in [-0.4, -0.2) is 41.3 Å². The molecular weight excluding hydrogens is 432 g/mol. The molecule has 178 valence electrons. The van der Waals surface area contributed by atoms with Crippen molar-refractivity contribution in [2.75, 3.05) is 6.61 Å². The van der Waals surface area contributed by atoms with Crippen molar-refractivity contribution in [3.05, 3.63) is 59.7 Å². The molecule has 0 spiro atoms. The number of ether oxygens (including phenoxy) is 1. The van der Waals surface area contributed by atoms with Crippen LogP contribution < -0.4 is 10.6 Å². The summed E-state index contributed by atoms with van der Waals surface area (Å²) in [5.74, 6) is -1.51. The molecule has 0 saturated heterocycles. The van der Waals surface area contributed by atoms with Gasteiger partial charge in [-0.3, -0.25) is 9.59 Å². The normalized spacial score (nSPS) is 22.6. The molecule has 2 aromatic rings. The van der Waals surface area contributed by atoms with Crippen molar-refractivity contribution in [1.29, 1.82) is 0 Å². The Labute approximate surface area is 198 Å². The first-order chi connectivity index (χ1) is 16.5. The molecule has 2 saturated carbocycles. The van der Waals surface area contributed by atoms with Crippen LogP contribution in [0.4, 0.5) is 4.79 Å². The van der Waals surface area contributed by atoms with E-state index in [9.17, 15) is 19.5 Å². The van der Waals surface area contributed by atoms with Crippen molar-refractivity contribution in [3.8, 4) is 11.1 Å². The van der Waals surface area contributed by atoms with Crippen LogP contribution in [0.25, 0.3) is 11.1 Å². The van der Waals surface area contributed by atoms with E-state index in [0.29, 0.717) is 25.7 Å². The van der Waals surface area contributed by atoms with Gasteiger partial charge < -0.3 is 20.5 Å². The highest BCUT2D eigenvalue weighted by molar-refractivity contribution is 5.91. The third-order valence-corrected chi connectivity index (χ3v) is 7.69. The number of fused-ring (bicyclic) bond motifs is 3. The molecular formula is C27H30N2O5. The molecule has 0 aromatic heterocycles. The predicted molar refractivity (Wildman–Crippen MR) is 126 cm³/mol. The lowest BCUT2D eigenvalue weighted by molar-refractivity contribution is -0.143. The number of hydrogen-bond donors (Lipinski definition) is 3. The molecule has 2 aromatic carbocycles. The number of aliphatic carboxylic acids is 1. The molecule has 7 heteroatoms. The number of carbonyl (C=O) groups excluding carboxylic acids is 2. The van der Waals surface area contributed by atoms with Crippen molar-refractivity contribution in [3.63, 3.8) is 0 Å². The molecule has 34 heavy (non-hydrogen) atoms. The first-order valence-electron chi connectivity index (χ1n) is 12.1. The summed E-state index contributed by atoms with van der Waals surface area (Å²) in [6.45, 7) is 0.195. The Morgan fingerprint density at radius 3 is 2.18 bits per heavy atom. The third kappa shape index (κ3) is 4.15. The maximum absolute atomic E-state index is 13.1. The molecule has 0 bridgehead atoms. The van der Waals surface area contributed by atoms with Gasteiger partial charge in [-0.1, -0.05) is 55.0 Å². The summed E-state index contributed by atoms with van der Waals surface area (Å²) in [5.41, 5.74) is 3.62. The van der Waals surface area contributed by atoms with E-state index in [2.05, 4.69) is 34.9 Å². The van der Waals surface area contributed by atoms with Crippen LogP contribution in [0.3, 0.4) is 0 Å². The van der Waals surface area contributed by atoms with Gasteiger partial charge in [0.2, 0.25) is 5.91 Å². The van der Waals surface area contributed by atoms with Crippen molar-refractivity contribution < 1.29 is 24.2 Å². The fourth-order valence-electron chi connectivity index (χ4n) is 5.64. The van der Waals surface area contributed by atoms with Crippen LogP contribution in [0.1, 0.15) is 62.0 Å². The van der Waals surface area contributed by atoms with Gasteiger partial charge in [-0.05, 0) is 60.8 Å². The third-order valence-electron chi connectivity index (χ3n) is 7.69. The zero-order valence-corrected chi connectivity index (χ0v) is 19.1. The Morgan fingerprint density at radius 2 is 1.59 bits per heavy atom. The fourth-order valence-corrected chi connectivity index (χ4v) is 5.64. The fraction of sp³-hybridized carbons (Fsp3) is 0.444. The Balaban J connectivity index is 1.21. The lowest BCUT2D eigenvalue weighted by atomic mass is 9.75. The molecule has 0 radical (unpaired) electrons. The first-order valence-corrected chi connectivity index (χ1v) is 12.1. The molecule has 3 aliphatic rings. The second kappa shape index (κ2) is 9.12. The number of carboxylic acids is 1. The molecule has 3 aliphatic carbocycles. The quantitative estimate of drug-likeness (QED) is 0.597. The maximum Gasteiger partial charge on any atom is 0.408 e. The van der Waals surface area contributed by atoms with Crippen molar-refractivity contribution in [2.24, 2.45) is 5.92 Å². The van der Waals surface area contributed by atoms with E-state index in [1.165, 1.54) is 0 Å². The van der Waals surface area contributed by atoms with Crippen LogP contribution in [0.2, 0.25) is 0 Å². The van der Waals surface area contributed by atoms with E-state index in [1.807, 2.05) is 24.3 Å². The Bertz CT molecular complexity index is 1060. The summed E-state index contributed by atoms with van der Waals surface area (Å²) >= 11 is 0. The van der Waals surface area contributed by atoms with Crippen LogP contribution in [0, 0.1) is 5.92 Å². The van der Waals surface area contributed by atoms with Crippen molar-refractivity contribution >= 4 is 18.0 Å². The van der Waals surface area contributed by atoms with Crippen LogP contribution >= 0.6 is 0 Å². The highest BCUT2D eigenvalue weighted by atomic mass is 16.5. The van der Waals surface area contributed by atoms with Gasteiger partial charge in [0, 0.05) is 12.0 Å². The summed E-state index contributed by atoms with van der Waals surface area (Å²) in [6, 6.07) is 16.1. The van der Waals surface area contributed by atoms with E-state index >= 15 is 0 Å². The molecule has 2 fully saturated rings. The van der Waals surface area contributed by atoms with Gasteiger partial charge in [-0.25, -0.2) is 4.79 Å². The van der Waals surface area contributed by atoms with Crippen molar-refractivity contribution in [2.45, 2.75) is 62.4 Å². The number of carboxylic acid groups (broad SMARTS) is 1. The van der Waals surface area contributed by atoms with E-state index < -0.39 is 23.5 Å². The number of rotatable bonds is 6. The number of amides is 2. The smallest absolute Gasteiger partial charge is 0.408 e. The Morgan fingerprint density at radius 1 is 0.941 bits per heavy atom. The lowest BCUT2D eigenvalue weighted by Crippen LogP contribution is -2.64. The maximum atomic E-state index is 13.1. The molecule has 2 atom stereocenters. The minimum atomic E-state index is -0.973. The van der Waals surface area contributed by atoms with Gasteiger partial charge in [0.25, 0.3) is 0 Å². The predicted octanol–water partition coefficient (Wildman–Crippen LogP) is 4.21.